The summed E-state index contributed by atoms with van der Waals surface area (Å²) in [5.74, 6) is 0. The molecule has 2 aromatic carbocycles. The second kappa shape index (κ2) is 5.33. The van der Waals surface area contributed by atoms with E-state index in [2.05, 4.69) is 4.98 Å². The minimum Gasteiger partial charge on any atom is -0.237 e. The van der Waals surface area contributed by atoms with Gasteiger partial charge in [-0.25, -0.2) is 4.98 Å². The lowest BCUT2D eigenvalue weighted by atomic mass is 10.2. The van der Waals surface area contributed by atoms with Crippen LogP contribution in [-0.2, 0) is 0 Å². The maximum Gasteiger partial charge on any atom is 0.117 e. The van der Waals surface area contributed by atoms with Crippen LogP contribution < -0.4 is 0 Å². The van der Waals surface area contributed by atoms with Gasteiger partial charge >= 0.3 is 0 Å². The second-order valence-electron chi connectivity index (χ2n) is 4.05. The lowest BCUT2D eigenvalue weighted by molar-refractivity contribution is 1.46. The number of nitrogens with zero attached hydrogens (tertiary/aromatic N) is 1. The van der Waals surface area contributed by atoms with Crippen LogP contribution in [0.15, 0.2) is 42.5 Å². The van der Waals surface area contributed by atoms with Gasteiger partial charge in [-0.05, 0) is 42.0 Å². The van der Waals surface area contributed by atoms with Gasteiger partial charge in [0.1, 0.15) is 5.01 Å². The number of hydrogen-bond donors (Lipinski definition) is 0. The van der Waals surface area contributed by atoms with Gasteiger partial charge in [-0.15, -0.1) is 11.3 Å². The summed E-state index contributed by atoms with van der Waals surface area (Å²) in [6, 6.07) is 13.4. The van der Waals surface area contributed by atoms with Gasteiger partial charge in [-0.3, -0.25) is 0 Å². The van der Waals surface area contributed by atoms with Crippen molar-refractivity contribution in [1.29, 1.82) is 0 Å². The van der Waals surface area contributed by atoms with Crippen molar-refractivity contribution in [1.82, 2.24) is 4.98 Å². The van der Waals surface area contributed by atoms with E-state index in [-0.39, 0.29) is 0 Å². The maximum atomic E-state index is 5.96. The predicted octanol–water partition coefficient (Wildman–Crippen LogP) is 5.77. The van der Waals surface area contributed by atoms with Crippen LogP contribution in [0, 0.1) is 0 Å². The normalized spacial score (nSPS) is 11.5. The van der Waals surface area contributed by atoms with Crippen molar-refractivity contribution in [3.63, 3.8) is 0 Å². The smallest absolute Gasteiger partial charge is 0.117 e. The Bertz CT molecular complexity index is 744. The van der Waals surface area contributed by atoms with Gasteiger partial charge < -0.3 is 0 Å². The standard InChI is InChI=1S/C15H9Cl2NS/c16-11-4-1-10(2-5-11)3-8-15-18-13-7-6-12(17)9-14(13)19-15/h1-9H. The van der Waals surface area contributed by atoms with Crippen molar-refractivity contribution in [2.24, 2.45) is 0 Å². The van der Waals surface area contributed by atoms with Crippen LogP contribution in [0.1, 0.15) is 10.6 Å². The molecule has 0 radical (unpaired) electrons. The van der Waals surface area contributed by atoms with E-state index in [1.54, 1.807) is 11.3 Å². The van der Waals surface area contributed by atoms with E-state index in [0.29, 0.717) is 0 Å². The number of hydrogen-bond acceptors (Lipinski definition) is 2. The van der Waals surface area contributed by atoms with Gasteiger partial charge in [0.25, 0.3) is 0 Å². The Kier molecular flexibility index (Phi) is 3.56. The molecule has 3 rings (SSSR count). The monoisotopic (exact) mass is 305 g/mol. The van der Waals surface area contributed by atoms with Gasteiger partial charge in [0.05, 0.1) is 10.2 Å². The third kappa shape index (κ3) is 2.98. The van der Waals surface area contributed by atoms with Crippen molar-refractivity contribution in [2.45, 2.75) is 0 Å². The molecular weight excluding hydrogens is 297 g/mol. The molecule has 0 atom stereocenters. The van der Waals surface area contributed by atoms with E-state index in [9.17, 15) is 0 Å². The molecule has 1 nitrogen and oxygen atoms in total. The highest BCUT2D eigenvalue weighted by atomic mass is 35.5. The number of rotatable bonds is 2. The first kappa shape index (κ1) is 12.7. The fourth-order valence-corrected chi connectivity index (χ4v) is 3.00. The van der Waals surface area contributed by atoms with E-state index in [4.69, 9.17) is 23.2 Å². The molecule has 0 aliphatic carbocycles. The topological polar surface area (TPSA) is 12.9 Å². The molecule has 0 N–H and O–H groups in total. The summed E-state index contributed by atoms with van der Waals surface area (Å²) >= 11 is 13.4. The van der Waals surface area contributed by atoms with Gasteiger partial charge in [-0.2, -0.15) is 0 Å². The van der Waals surface area contributed by atoms with Gasteiger partial charge in [0, 0.05) is 10.0 Å². The Morgan fingerprint density at radius 1 is 0.895 bits per heavy atom. The highest BCUT2D eigenvalue weighted by molar-refractivity contribution is 7.19. The average Bonchev–Trinajstić information content (AvgIpc) is 2.80. The first-order valence-corrected chi connectivity index (χ1v) is 7.28. The third-order valence-electron chi connectivity index (χ3n) is 2.66. The van der Waals surface area contributed by atoms with Gasteiger partial charge in [0.2, 0.25) is 0 Å². The highest BCUT2D eigenvalue weighted by Gasteiger charge is 2.01. The lowest BCUT2D eigenvalue weighted by Crippen LogP contribution is -1.71. The first-order chi connectivity index (χ1) is 9.20. The van der Waals surface area contributed by atoms with E-state index in [1.807, 2.05) is 54.6 Å². The molecule has 3 aromatic rings. The summed E-state index contributed by atoms with van der Waals surface area (Å²) in [4.78, 5) is 4.53. The molecule has 0 saturated heterocycles. The molecule has 1 heterocycles. The van der Waals surface area contributed by atoms with E-state index in [1.165, 1.54) is 0 Å². The van der Waals surface area contributed by atoms with Crippen LogP contribution in [0.3, 0.4) is 0 Å². The molecular formula is C15H9Cl2NS. The second-order valence-corrected chi connectivity index (χ2v) is 5.98. The summed E-state index contributed by atoms with van der Waals surface area (Å²) in [6.45, 7) is 0. The van der Waals surface area contributed by atoms with Crippen LogP contribution in [0.4, 0.5) is 0 Å². The van der Waals surface area contributed by atoms with Crippen molar-refractivity contribution < 1.29 is 0 Å². The molecule has 0 bridgehead atoms. The number of thiazole rings is 1. The molecule has 0 spiro atoms. The minimum atomic E-state index is 0.740. The third-order valence-corrected chi connectivity index (χ3v) is 4.13. The molecule has 0 aliphatic heterocycles. The summed E-state index contributed by atoms with van der Waals surface area (Å²) in [5.41, 5.74) is 2.08. The van der Waals surface area contributed by atoms with Crippen LogP contribution in [0.2, 0.25) is 10.0 Å². The predicted molar refractivity (Wildman–Crippen MR) is 85.0 cm³/mol. The van der Waals surface area contributed by atoms with Crippen LogP contribution in [0.5, 0.6) is 0 Å². The number of aromatic nitrogens is 1. The lowest BCUT2D eigenvalue weighted by Gasteiger charge is -1.92. The molecule has 1 aromatic heterocycles. The van der Waals surface area contributed by atoms with Crippen molar-refractivity contribution in [2.75, 3.05) is 0 Å². The zero-order chi connectivity index (χ0) is 13.2. The van der Waals surface area contributed by atoms with E-state index in [0.717, 1.165) is 30.8 Å². The summed E-state index contributed by atoms with van der Waals surface area (Å²) in [6.07, 6.45) is 4.03. The van der Waals surface area contributed by atoms with Crippen LogP contribution >= 0.6 is 34.5 Å². The van der Waals surface area contributed by atoms with Crippen molar-refractivity contribution in [3.05, 3.63) is 63.1 Å². The molecule has 0 fully saturated rings. The summed E-state index contributed by atoms with van der Waals surface area (Å²) in [5, 5.41) is 2.45. The molecule has 4 heteroatoms. The van der Waals surface area contributed by atoms with Crippen molar-refractivity contribution >= 4 is 56.9 Å². The van der Waals surface area contributed by atoms with E-state index < -0.39 is 0 Å². The maximum absolute atomic E-state index is 5.96. The Hall–Kier alpha value is -1.35. The molecule has 0 aliphatic rings. The Balaban J connectivity index is 1.90. The Morgan fingerprint density at radius 3 is 2.42 bits per heavy atom. The molecule has 94 valence electrons. The molecule has 0 unspecified atom stereocenters. The number of halogens is 2. The molecule has 19 heavy (non-hydrogen) atoms. The SMILES string of the molecule is Clc1ccc(C=Cc2nc3ccc(Cl)cc3s2)cc1. The quantitative estimate of drug-likeness (QED) is 0.585. The van der Waals surface area contributed by atoms with E-state index >= 15 is 0 Å². The summed E-state index contributed by atoms with van der Waals surface area (Å²) < 4.78 is 1.10. The molecule has 0 amide bonds. The number of fused-ring (bicyclic) bond motifs is 1. The zero-order valence-electron chi connectivity index (χ0n) is 9.81. The van der Waals surface area contributed by atoms with Crippen molar-refractivity contribution in [3.8, 4) is 0 Å². The average molecular weight is 306 g/mol. The van der Waals surface area contributed by atoms with Crippen LogP contribution in [0.25, 0.3) is 22.4 Å². The minimum absolute atomic E-state index is 0.740. The zero-order valence-corrected chi connectivity index (χ0v) is 12.1. The highest BCUT2D eigenvalue weighted by Crippen LogP contribution is 2.26. The Morgan fingerprint density at radius 2 is 1.63 bits per heavy atom. The number of benzene rings is 2. The van der Waals surface area contributed by atoms with Gasteiger partial charge in [-0.1, -0.05) is 41.4 Å². The fourth-order valence-electron chi connectivity index (χ4n) is 1.73. The van der Waals surface area contributed by atoms with Gasteiger partial charge in [0.15, 0.2) is 0 Å². The first-order valence-electron chi connectivity index (χ1n) is 5.70. The Labute approximate surface area is 125 Å². The van der Waals surface area contributed by atoms with Crippen LogP contribution in [-0.4, -0.2) is 4.98 Å². The largest absolute Gasteiger partial charge is 0.237 e. The fraction of sp³-hybridized carbons (Fsp3) is 0. The summed E-state index contributed by atoms with van der Waals surface area (Å²) in [7, 11) is 0. The molecule has 0 saturated carbocycles.